The summed E-state index contributed by atoms with van der Waals surface area (Å²) in [7, 11) is 0. The van der Waals surface area contributed by atoms with E-state index in [1.54, 1.807) is 0 Å². The number of rotatable bonds is 3. The van der Waals surface area contributed by atoms with Crippen molar-refractivity contribution in [3.8, 4) is 23.7 Å². The fraction of sp³-hybridized carbons (Fsp3) is 0.250. The van der Waals surface area contributed by atoms with Gasteiger partial charge in [-0.25, -0.2) is 0 Å². The van der Waals surface area contributed by atoms with E-state index in [9.17, 15) is 0 Å². The van der Waals surface area contributed by atoms with Crippen molar-refractivity contribution in [3.05, 3.63) is 48.0 Å². The second-order valence-electron chi connectivity index (χ2n) is 3.43. The zero-order chi connectivity index (χ0) is 11.5. The molecule has 0 aromatic heterocycles. The monoisotopic (exact) mass is 208 g/mol. The number of unbranched alkanes of at least 4 members (excludes halogenated alkanes) is 2. The van der Waals surface area contributed by atoms with Gasteiger partial charge in [0.1, 0.15) is 0 Å². The Morgan fingerprint density at radius 2 is 1.94 bits per heavy atom. The summed E-state index contributed by atoms with van der Waals surface area (Å²) in [6.07, 6.45) is 7.55. The smallest absolute Gasteiger partial charge is 0.0255 e. The molecule has 1 rings (SSSR count). The normalized spacial score (nSPS) is 9.06. The molecule has 80 valence electrons. The Morgan fingerprint density at radius 3 is 2.69 bits per heavy atom. The minimum absolute atomic E-state index is 1.01. The maximum Gasteiger partial charge on any atom is 0.0255 e. The Bertz CT molecular complexity index is 430. The minimum Gasteiger partial charge on any atom is -0.0761 e. The van der Waals surface area contributed by atoms with Gasteiger partial charge in [0.05, 0.1) is 0 Å². The Kier molecular flexibility index (Phi) is 6.37. The van der Waals surface area contributed by atoms with E-state index in [4.69, 9.17) is 0 Å². The molecule has 0 nitrogen and oxygen atoms in total. The van der Waals surface area contributed by atoms with Crippen LogP contribution in [0.25, 0.3) is 0 Å². The third kappa shape index (κ3) is 5.74. The van der Waals surface area contributed by atoms with E-state index in [-0.39, 0.29) is 0 Å². The molecule has 0 amide bonds. The van der Waals surface area contributed by atoms with E-state index < -0.39 is 0 Å². The molecular formula is C16H16. The fourth-order valence-electron chi connectivity index (χ4n) is 1.17. The van der Waals surface area contributed by atoms with E-state index in [1.165, 1.54) is 12.8 Å². The molecule has 0 radical (unpaired) electrons. The topological polar surface area (TPSA) is 0 Å². The summed E-state index contributed by atoms with van der Waals surface area (Å²) in [6, 6.07) is 9.88. The molecule has 0 aliphatic heterocycles. The maximum atomic E-state index is 2.99. The van der Waals surface area contributed by atoms with Gasteiger partial charge < -0.3 is 0 Å². The van der Waals surface area contributed by atoms with Gasteiger partial charge in [-0.15, -0.1) is 0 Å². The SMILES string of the molecule is CCCC/C=C/C#CC#Cc1ccccc1. The molecule has 0 atom stereocenters. The number of allylic oxidation sites excluding steroid dienone is 2. The van der Waals surface area contributed by atoms with E-state index >= 15 is 0 Å². The first-order valence-corrected chi connectivity index (χ1v) is 5.65. The summed E-state index contributed by atoms with van der Waals surface area (Å²) < 4.78 is 0. The van der Waals surface area contributed by atoms with Crippen molar-refractivity contribution >= 4 is 0 Å². The van der Waals surface area contributed by atoms with Gasteiger partial charge >= 0.3 is 0 Å². The molecule has 1 aromatic rings. The highest BCUT2D eigenvalue weighted by molar-refractivity contribution is 5.40. The van der Waals surface area contributed by atoms with Gasteiger partial charge in [-0.1, -0.05) is 55.9 Å². The zero-order valence-corrected chi connectivity index (χ0v) is 9.66. The zero-order valence-electron chi connectivity index (χ0n) is 9.66. The molecule has 0 unspecified atom stereocenters. The molecule has 1 aromatic carbocycles. The molecular weight excluding hydrogens is 192 g/mol. The van der Waals surface area contributed by atoms with Gasteiger partial charge in [-0.05, 0) is 36.5 Å². The van der Waals surface area contributed by atoms with Crippen LogP contribution in [0, 0.1) is 23.7 Å². The van der Waals surface area contributed by atoms with Gasteiger partial charge in [0.2, 0.25) is 0 Å². The molecule has 0 spiro atoms. The Balaban J connectivity index is 2.37. The molecule has 0 saturated carbocycles. The number of hydrogen-bond acceptors (Lipinski definition) is 0. The number of hydrogen-bond donors (Lipinski definition) is 0. The van der Waals surface area contributed by atoms with Crippen LogP contribution in [-0.2, 0) is 0 Å². The van der Waals surface area contributed by atoms with Crippen LogP contribution in [0.3, 0.4) is 0 Å². The third-order valence-electron chi connectivity index (χ3n) is 2.04. The van der Waals surface area contributed by atoms with Crippen LogP contribution >= 0.6 is 0 Å². The van der Waals surface area contributed by atoms with Crippen LogP contribution in [0.4, 0.5) is 0 Å². The predicted molar refractivity (Wildman–Crippen MR) is 69.8 cm³/mol. The lowest BCUT2D eigenvalue weighted by molar-refractivity contribution is 0.815. The average Bonchev–Trinajstić information content (AvgIpc) is 2.34. The summed E-state index contributed by atoms with van der Waals surface area (Å²) in [5, 5.41) is 0. The van der Waals surface area contributed by atoms with Gasteiger partial charge in [0, 0.05) is 5.56 Å². The summed E-state index contributed by atoms with van der Waals surface area (Å²) >= 11 is 0. The van der Waals surface area contributed by atoms with Crippen molar-refractivity contribution in [3.63, 3.8) is 0 Å². The standard InChI is InChI=1S/C16H16/c1-2-3-4-5-6-7-8-10-13-16-14-11-9-12-15-16/h5-6,9,11-12,14-15H,2-4H2,1H3/b6-5+. The van der Waals surface area contributed by atoms with Crippen molar-refractivity contribution in [1.82, 2.24) is 0 Å². The average molecular weight is 208 g/mol. The van der Waals surface area contributed by atoms with E-state index in [2.05, 4.69) is 36.7 Å². The molecule has 0 heteroatoms. The molecule has 0 aliphatic carbocycles. The number of benzene rings is 1. The first-order chi connectivity index (χ1) is 7.93. The van der Waals surface area contributed by atoms with Crippen LogP contribution in [0.5, 0.6) is 0 Å². The minimum atomic E-state index is 1.01. The lowest BCUT2D eigenvalue weighted by Gasteiger charge is -1.84. The van der Waals surface area contributed by atoms with Gasteiger partial charge in [0.25, 0.3) is 0 Å². The van der Waals surface area contributed by atoms with Gasteiger partial charge in [0.15, 0.2) is 0 Å². The Hall–Kier alpha value is -1.92. The quantitative estimate of drug-likeness (QED) is 0.523. The Labute approximate surface area is 98.4 Å². The lowest BCUT2D eigenvalue weighted by atomic mass is 10.2. The van der Waals surface area contributed by atoms with Crippen LogP contribution in [0.1, 0.15) is 31.7 Å². The maximum absolute atomic E-state index is 2.99. The molecule has 0 bridgehead atoms. The first kappa shape index (κ1) is 12.2. The summed E-state index contributed by atoms with van der Waals surface area (Å²) in [5.74, 6) is 11.5. The van der Waals surface area contributed by atoms with Crippen molar-refractivity contribution in [2.24, 2.45) is 0 Å². The van der Waals surface area contributed by atoms with E-state index in [0.717, 1.165) is 12.0 Å². The van der Waals surface area contributed by atoms with Crippen LogP contribution in [0.2, 0.25) is 0 Å². The van der Waals surface area contributed by atoms with E-state index in [0.29, 0.717) is 0 Å². The molecule has 0 fully saturated rings. The molecule has 0 saturated heterocycles. The van der Waals surface area contributed by atoms with Gasteiger partial charge in [-0.2, -0.15) is 0 Å². The molecule has 0 aliphatic rings. The lowest BCUT2D eigenvalue weighted by Crippen LogP contribution is -1.69. The van der Waals surface area contributed by atoms with Gasteiger partial charge in [-0.3, -0.25) is 0 Å². The second-order valence-corrected chi connectivity index (χ2v) is 3.43. The van der Waals surface area contributed by atoms with Crippen LogP contribution in [0.15, 0.2) is 42.5 Å². The highest BCUT2D eigenvalue weighted by Crippen LogP contribution is 1.94. The second kappa shape index (κ2) is 8.39. The summed E-state index contributed by atoms with van der Waals surface area (Å²) in [6.45, 7) is 2.19. The van der Waals surface area contributed by atoms with Crippen LogP contribution in [-0.4, -0.2) is 0 Å². The summed E-state index contributed by atoms with van der Waals surface area (Å²) in [5.41, 5.74) is 1.01. The summed E-state index contributed by atoms with van der Waals surface area (Å²) in [4.78, 5) is 0. The molecule has 16 heavy (non-hydrogen) atoms. The van der Waals surface area contributed by atoms with Crippen molar-refractivity contribution in [2.45, 2.75) is 26.2 Å². The highest BCUT2D eigenvalue weighted by atomic mass is 13.8. The molecule has 0 heterocycles. The van der Waals surface area contributed by atoms with Crippen molar-refractivity contribution < 1.29 is 0 Å². The first-order valence-electron chi connectivity index (χ1n) is 5.65. The third-order valence-corrected chi connectivity index (χ3v) is 2.04. The van der Waals surface area contributed by atoms with E-state index in [1.807, 2.05) is 36.4 Å². The molecule has 0 N–H and O–H groups in total. The largest absolute Gasteiger partial charge is 0.0761 e. The Morgan fingerprint density at radius 1 is 1.12 bits per heavy atom. The van der Waals surface area contributed by atoms with Crippen molar-refractivity contribution in [1.29, 1.82) is 0 Å². The van der Waals surface area contributed by atoms with Crippen LogP contribution < -0.4 is 0 Å². The highest BCUT2D eigenvalue weighted by Gasteiger charge is 1.78. The fourth-order valence-corrected chi connectivity index (χ4v) is 1.17. The predicted octanol–water partition coefficient (Wildman–Crippen LogP) is 3.79. The van der Waals surface area contributed by atoms with Crippen molar-refractivity contribution in [2.75, 3.05) is 0 Å².